The molecule has 1 aliphatic rings. The van der Waals surface area contributed by atoms with E-state index in [1.807, 2.05) is 43.3 Å². The van der Waals surface area contributed by atoms with Gasteiger partial charge in [-0.25, -0.2) is 4.98 Å². The van der Waals surface area contributed by atoms with Crippen LogP contribution in [-0.2, 0) is 16.0 Å². The van der Waals surface area contributed by atoms with Crippen molar-refractivity contribution in [2.24, 2.45) is 0 Å². The van der Waals surface area contributed by atoms with Crippen molar-refractivity contribution in [3.63, 3.8) is 0 Å². The average molecular weight is 346 g/mol. The Morgan fingerprint density at radius 1 is 1.42 bits per heavy atom. The fraction of sp³-hybridized carbons (Fsp3) is 0.471. The number of hydrogen-bond acceptors (Lipinski definition) is 6. The van der Waals surface area contributed by atoms with Crippen LogP contribution >= 0.6 is 11.3 Å². The summed E-state index contributed by atoms with van der Waals surface area (Å²) in [6.07, 6.45) is 0.159. The highest BCUT2D eigenvalue weighted by Gasteiger charge is 2.27. The van der Waals surface area contributed by atoms with Crippen molar-refractivity contribution < 1.29 is 9.53 Å². The Labute approximate surface area is 145 Å². The van der Waals surface area contributed by atoms with Crippen molar-refractivity contribution in [1.82, 2.24) is 14.9 Å². The van der Waals surface area contributed by atoms with Crippen LogP contribution in [0.15, 0.2) is 17.5 Å². The summed E-state index contributed by atoms with van der Waals surface area (Å²) in [5.74, 6) is 0.0927. The zero-order valence-electron chi connectivity index (χ0n) is 14.2. The van der Waals surface area contributed by atoms with E-state index in [1.165, 1.54) is 0 Å². The number of aromatic nitrogens is 2. The molecule has 128 valence electrons. The molecule has 1 N–H and O–H groups in total. The first-order valence-corrected chi connectivity index (χ1v) is 8.90. The molecule has 2 aromatic heterocycles. The monoisotopic (exact) mass is 346 g/mol. The van der Waals surface area contributed by atoms with Crippen LogP contribution < -0.4 is 5.32 Å². The van der Waals surface area contributed by atoms with E-state index in [2.05, 4.69) is 15.3 Å². The molecule has 0 bridgehead atoms. The minimum absolute atomic E-state index is 0.0927. The Morgan fingerprint density at radius 3 is 2.96 bits per heavy atom. The highest BCUT2D eigenvalue weighted by molar-refractivity contribution is 7.09. The molecule has 1 aliphatic heterocycles. The summed E-state index contributed by atoms with van der Waals surface area (Å²) in [6.45, 7) is 5.58. The molecule has 2 aromatic rings. The summed E-state index contributed by atoms with van der Waals surface area (Å²) >= 11 is 1.57. The highest BCUT2D eigenvalue weighted by Crippen LogP contribution is 2.24. The van der Waals surface area contributed by atoms with E-state index >= 15 is 0 Å². The molecule has 1 amide bonds. The van der Waals surface area contributed by atoms with Gasteiger partial charge in [0.15, 0.2) is 0 Å². The van der Waals surface area contributed by atoms with Crippen LogP contribution in [0.3, 0.4) is 0 Å². The molecule has 1 fully saturated rings. The van der Waals surface area contributed by atoms with Gasteiger partial charge in [0.2, 0.25) is 5.91 Å². The van der Waals surface area contributed by atoms with E-state index in [9.17, 15) is 4.79 Å². The number of aryl methyl sites for hydroxylation is 2. The Morgan fingerprint density at radius 2 is 2.25 bits per heavy atom. The summed E-state index contributed by atoms with van der Waals surface area (Å²) in [7, 11) is 1.88. The maximum atomic E-state index is 12.5. The standard InChI is InChI=1S/C17H22N4O2S/c1-11-6-13(18-3)7-15(19-11)16-9-21(4-5-23-16)17(22)8-14-10-24-12(2)20-14/h6-7,10,16H,4-5,8-9H2,1-3H3,(H,18,19)/t16-/m1/s1. The van der Waals surface area contributed by atoms with Gasteiger partial charge in [0.1, 0.15) is 6.10 Å². The number of hydrogen-bond donors (Lipinski definition) is 1. The van der Waals surface area contributed by atoms with Crippen molar-refractivity contribution >= 4 is 22.9 Å². The molecule has 6 nitrogen and oxygen atoms in total. The lowest BCUT2D eigenvalue weighted by molar-refractivity contribution is -0.138. The lowest BCUT2D eigenvalue weighted by atomic mass is 10.1. The number of anilines is 1. The van der Waals surface area contributed by atoms with Crippen LogP contribution in [0.2, 0.25) is 0 Å². The number of ether oxygens (including phenoxy) is 1. The molecule has 1 atom stereocenters. The van der Waals surface area contributed by atoms with Crippen LogP contribution in [0.5, 0.6) is 0 Å². The molecular formula is C17H22N4O2S. The van der Waals surface area contributed by atoms with Gasteiger partial charge >= 0.3 is 0 Å². The summed E-state index contributed by atoms with van der Waals surface area (Å²) < 4.78 is 5.86. The Balaban J connectivity index is 1.69. The SMILES string of the molecule is CNc1cc(C)nc([C@H]2CN(C(=O)Cc3csc(C)n3)CCO2)c1. The number of pyridine rings is 1. The zero-order valence-corrected chi connectivity index (χ0v) is 15.0. The summed E-state index contributed by atoms with van der Waals surface area (Å²) in [6, 6.07) is 3.97. The smallest absolute Gasteiger partial charge is 0.228 e. The predicted molar refractivity (Wildman–Crippen MR) is 94.3 cm³/mol. The molecular weight excluding hydrogens is 324 g/mol. The van der Waals surface area contributed by atoms with Crippen molar-refractivity contribution in [3.05, 3.63) is 39.6 Å². The topological polar surface area (TPSA) is 67.4 Å². The van der Waals surface area contributed by atoms with Crippen molar-refractivity contribution in [2.75, 3.05) is 32.1 Å². The number of carbonyl (C=O) groups excluding carboxylic acids is 1. The fourth-order valence-corrected chi connectivity index (χ4v) is 3.43. The Hall–Kier alpha value is -1.99. The van der Waals surface area contributed by atoms with Crippen LogP contribution in [0, 0.1) is 13.8 Å². The molecule has 24 heavy (non-hydrogen) atoms. The first-order chi connectivity index (χ1) is 11.5. The maximum absolute atomic E-state index is 12.5. The van der Waals surface area contributed by atoms with Gasteiger partial charge in [0.05, 0.1) is 36.0 Å². The van der Waals surface area contributed by atoms with E-state index in [0.29, 0.717) is 26.1 Å². The quantitative estimate of drug-likeness (QED) is 0.920. The second-order valence-corrected chi connectivity index (χ2v) is 6.97. The predicted octanol–water partition coefficient (Wildman–Crippen LogP) is 2.34. The van der Waals surface area contributed by atoms with Gasteiger partial charge in [0, 0.05) is 30.4 Å². The number of carbonyl (C=O) groups is 1. The van der Waals surface area contributed by atoms with Gasteiger partial charge in [0.25, 0.3) is 0 Å². The molecule has 0 unspecified atom stereocenters. The molecule has 0 saturated carbocycles. The van der Waals surface area contributed by atoms with Crippen LogP contribution in [0.4, 0.5) is 5.69 Å². The van der Waals surface area contributed by atoms with E-state index < -0.39 is 0 Å². The second kappa shape index (κ2) is 7.27. The van der Waals surface area contributed by atoms with E-state index in [-0.39, 0.29) is 12.0 Å². The lowest BCUT2D eigenvalue weighted by Gasteiger charge is -2.33. The summed E-state index contributed by atoms with van der Waals surface area (Å²) in [5.41, 5.74) is 3.64. The van der Waals surface area contributed by atoms with Crippen LogP contribution in [0.1, 0.15) is 28.2 Å². The number of nitrogens with one attached hydrogen (secondary N) is 1. The van der Waals surface area contributed by atoms with Gasteiger partial charge in [-0.05, 0) is 26.0 Å². The van der Waals surface area contributed by atoms with E-state index in [0.717, 1.165) is 27.8 Å². The third-order valence-corrected chi connectivity index (χ3v) is 4.83. The number of nitrogens with zero attached hydrogens (tertiary/aromatic N) is 3. The van der Waals surface area contributed by atoms with Crippen molar-refractivity contribution in [3.8, 4) is 0 Å². The van der Waals surface area contributed by atoms with Crippen LogP contribution in [0.25, 0.3) is 0 Å². The number of morpholine rings is 1. The summed E-state index contributed by atoms with van der Waals surface area (Å²) in [4.78, 5) is 23.3. The number of thiazole rings is 1. The molecule has 7 heteroatoms. The van der Waals surface area contributed by atoms with Gasteiger partial charge in [-0.1, -0.05) is 0 Å². The van der Waals surface area contributed by atoms with Gasteiger partial charge in [-0.15, -0.1) is 11.3 Å². The lowest BCUT2D eigenvalue weighted by Crippen LogP contribution is -2.43. The Kier molecular flexibility index (Phi) is 5.11. The number of amides is 1. The van der Waals surface area contributed by atoms with Gasteiger partial charge < -0.3 is 15.0 Å². The molecule has 3 heterocycles. The molecule has 0 aliphatic carbocycles. The second-order valence-electron chi connectivity index (χ2n) is 5.91. The minimum atomic E-state index is -0.188. The Bertz CT molecular complexity index is 731. The van der Waals surface area contributed by atoms with Gasteiger partial charge in [-0.3, -0.25) is 9.78 Å². The molecule has 0 spiro atoms. The molecule has 0 aromatic carbocycles. The molecule has 3 rings (SSSR count). The van der Waals surface area contributed by atoms with Gasteiger partial charge in [-0.2, -0.15) is 0 Å². The van der Waals surface area contributed by atoms with Crippen molar-refractivity contribution in [1.29, 1.82) is 0 Å². The summed E-state index contributed by atoms with van der Waals surface area (Å²) in [5, 5.41) is 6.07. The maximum Gasteiger partial charge on any atom is 0.228 e. The first-order valence-electron chi connectivity index (χ1n) is 8.02. The third-order valence-electron chi connectivity index (χ3n) is 4.01. The minimum Gasteiger partial charge on any atom is -0.388 e. The first kappa shape index (κ1) is 16.9. The van der Waals surface area contributed by atoms with E-state index in [4.69, 9.17) is 4.74 Å². The van der Waals surface area contributed by atoms with E-state index in [1.54, 1.807) is 11.3 Å². The molecule has 1 saturated heterocycles. The third kappa shape index (κ3) is 3.91. The fourth-order valence-electron chi connectivity index (χ4n) is 2.81. The number of rotatable bonds is 4. The normalized spacial score (nSPS) is 17.8. The average Bonchev–Trinajstić information content (AvgIpc) is 2.99. The largest absolute Gasteiger partial charge is 0.388 e. The molecule has 0 radical (unpaired) electrons. The zero-order chi connectivity index (χ0) is 17.1. The van der Waals surface area contributed by atoms with Crippen LogP contribution in [-0.4, -0.2) is 47.5 Å². The van der Waals surface area contributed by atoms with Crippen molar-refractivity contribution in [2.45, 2.75) is 26.4 Å². The highest BCUT2D eigenvalue weighted by atomic mass is 32.1.